The molecule has 1 saturated heterocycles. The molecule has 0 aliphatic carbocycles. The van der Waals surface area contributed by atoms with Gasteiger partial charge in [-0.15, -0.1) is 0 Å². The van der Waals surface area contributed by atoms with Crippen LogP contribution < -0.4 is 0 Å². The molecule has 2 aromatic rings. The summed E-state index contributed by atoms with van der Waals surface area (Å²) in [5.41, 5.74) is 3.81. The van der Waals surface area contributed by atoms with Gasteiger partial charge < -0.3 is 14.9 Å². The van der Waals surface area contributed by atoms with E-state index in [0.717, 1.165) is 16.7 Å². The van der Waals surface area contributed by atoms with Crippen molar-refractivity contribution < 1.29 is 14.7 Å². The van der Waals surface area contributed by atoms with Gasteiger partial charge in [-0.1, -0.05) is 18.7 Å². The Balaban J connectivity index is 1.57. The molecule has 1 aromatic carbocycles. The van der Waals surface area contributed by atoms with E-state index in [9.17, 15) is 14.7 Å². The number of fused-ring (bicyclic) bond motifs is 1. The van der Waals surface area contributed by atoms with Crippen molar-refractivity contribution in [1.82, 2.24) is 19.8 Å². The molecule has 1 N–H and O–H groups in total. The van der Waals surface area contributed by atoms with Crippen LogP contribution in [0, 0.1) is 6.92 Å². The molecule has 4 rings (SSSR count). The van der Waals surface area contributed by atoms with Gasteiger partial charge in [-0.05, 0) is 30.2 Å². The first-order valence-corrected chi connectivity index (χ1v) is 8.36. The normalized spacial score (nSPS) is 16.4. The molecule has 2 amide bonds. The maximum absolute atomic E-state index is 12.8. The molecule has 2 aliphatic heterocycles. The van der Waals surface area contributed by atoms with E-state index < -0.39 is 0 Å². The molecule has 132 valence electrons. The van der Waals surface area contributed by atoms with Crippen LogP contribution >= 0.6 is 0 Å². The van der Waals surface area contributed by atoms with Crippen LogP contribution in [0.5, 0.6) is 6.01 Å². The van der Waals surface area contributed by atoms with Crippen LogP contribution in [0.4, 0.5) is 0 Å². The Hall–Kier alpha value is -3.22. The molecule has 1 aromatic heterocycles. The first-order valence-electron chi connectivity index (χ1n) is 8.36. The zero-order valence-corrected chi connectivity index (χ0v) is 14.3. The molecule has 1 fully saturated rings. The third kappa shape index (κ3) is 2.52. The molecule has 3 heterocycles. The molecule has 0 radical (unpaired) electrons. The standard InChI is InChI=1S/C19H18N4O3/c1-3-16(24)22-9-14(10-22)23-8-13-5-4-12(6-15(13)18(23)25)17-11(2)7-20-19(26)21-17/h3-7,14H,1,8-10H2,2H3,(H,20,21,26). The van der Waals surface area contributed by atoms with Crippen LogP contribution in [-0.2, 0) is 11.3 Å². The van der Waals surface area contributed by atoms with Crippen LogP contribution in [0.25, 0.3) is 11.3 Å². The zero-order valence-electron chi connectivity index (χ0n) is 14.3. The molecule has 7 heteroatoms. The third-order valence-electron chi connectivity index (χ3n) is 4.96. The number of hydrogen-bond donors (Lipinski definition) is 1. The average Bonchev–Trinajstić information content (AvgIpc) is 2.92. The van der Waals surface area contributed by atoms with Gasteiger partial charge in [-0.2, -0.15) is 4.98 Å². The number of hydrogen-bond acceptors (Lipinski definition) is 5. The van der Waals surface area contributed by atoms with Gasteiger partial charge in [0, 0.05) is 37.0 Å². The van der Waals surface area contributed by atoms with Crippen LogP contribution in [0.3, 0.4) is 0 Å². The molecule has 0 unspecified atom stereocenters. The van der Waals surface area contributed by atoms with Crippen molar-refractivity contribution >= 4 is 11.8 Å². The van der Waals surface area contributed by atoms with Crippen molar-refractivity contribution in [2.24, 2.45) is 0 Å². The van der Waals surface area contributed by atoms with Gasteiger partial charge in [0.2, 0.25) is 5.91 Å². The Morgan fingerprint density at radius 3 is 2.88 bits per heavy atom. The minimum atomic E-state index is -0.291. The van der Waals surface area contributed by atoms with Crippen LogP contribution in [-0.4, -0.2) is 55.8 Å². The highest BCUT2D eigenvalue weighted by molar-refractivity contribution is 6.00. The fourth-order valence-corrected chi connectivity index (χ4v) is 3.45. The summed E-state index contributed by atoms with van der Waals surface area (Å²) in [4.78, 5) is 35.7. The Bertz CT molecular complexity index is 934. The fourth-order valence-electron chi connectivity index (χ4n) is 3.45. The lowest BCUT2D eigenvalue weighted by Crippen LogP contribution is -2.60. The SMILES string of the molecule is C=CC(=O)N1CC(N2Cc3ccc(-c4nc(O)ncc4C)cc3C2=O)C1. The number of likely N-dealkylation sites (tertiary alicyclic amines) is 1. The van der Waals surface area contributed by atoms with Crippen LogP contribution in [0.2, 0.25) is 0 Å². The maximum atomic E-state index is 12.8. The number of aromatic nitrogens is 2. The predicted octanol–water partition coefficient (Wildman–Crippen LogP) is 1.51. The van der Waals surface area contributed by atoms with Gasteiger partial charge >= 0.3 is 6.01 Å². The second kappa shape index (κ2) is 5.94. The van der Waals surface area contributed by atoms with Crippen LogP contribution in [0.15, 0.2) is 37.1 Å². The Morgan fingerprint density at radius 1 is 1.38 bits per heavy atom. The van der Waals surface area contributed by atoms with Crippen molar-refractivity contribution in [2.45, 2.75) is 19.5 Å². The molecule has 0 atom stereocenters. The van der Waals surface area contributed by atoms with E-state index in [1.807, 2.05) is 30.0 Å². The van der Waals surface area contributed by atoms with Gasteiger partial charge in [0.25, 0.3) is 5.91 Å². The van der Waals surface area contributed by atoms with Gasteiger partial charge in [0.05, 0.1) is 11.7 Å². The first-order chi connectivity index (χ1) is 12.5. The number of carbonyl (C=O) groups is 2. The van der Waals surface area contributed by atoms with Crippen LogP contribution in [0.1, 0.15) is 21.5 Å². The summed E-state index contributed by atoms with van der Waals surface area (Å²) in [5, 5.41) is 9.55. The van der Waals surface area contributed by atoms with E-state index in [4.69, 9.17) is 0 Å². The summed E-state index contributed by atoms with van der Waals surface area (Å²) < 4.78 is 0. The topological polar surface area (TPSA) is 86.6 Å². The highest BCUT2D eigenvalue weighted by Gasteiger charge is 2.40. The van der Waals surface area contributed by atoms with Crippen molar-refractivity contribution in [2.75, 3.05) is 13.1 Å². The number of rotatable bonds is 3. The monoisotopic (exact) mass is 350 g/mol. The Labute approximate surface area is 150 Å². The summed E-state index contributed by atoms with van der Waals surface area (Å²) in [6, 6.07) is 5.38. The summed E-state index contributed by atoms with van der Waals surface area (Å²) in [7, 11) is 0. The first kappa shape index (κ1) is 16.3. The van der Waals surface area contributed by atoms with Crippen molar-refractivity contribution in [3.8, 4) is 17.3 Å². The lowest BCUT2D eigenvalue weighted by Gasteiger charge is -2.43. The molecule has 0 bridgehead atoms. The minimum Gasteiger partial charge on any atom is -0.479 e. The van der Waals surface area contributed by atoms with Crippen molar-refractivity contribution in [3.05, 3.63) is 53.7 Å². The number of carbonyl (C=O) groups excluding carboxylic acids is 2. The molecule has 2 aliphatic rings. The second-order valence-corrected chi connectivity index (χ2v) is 6.61. The number of benzene rings is 1. The highest BCUT2D eigenvalue weighted by atomic mass is 16.3. The number of amides is 2. The zero-order chi connectivity index (χ0) is 18.4. The quantitative estimate of drug-likeness (QED) is 0.848. The summed E-state index contributed by atoms with van der Waals surface area (Å²) >= 11 is 0. The van der Waals surface area contributed by atoms with E-state index in [1.54, 1.807) is 11.1 Å². The number of aromatic hydroxyl groups is 1. The van der Waals surface area contributed by atoms with E-state index in [2.05, 4.69) is 16.5 Å². The molecule has 7 nitrogen and oxygen atoms in total. The Kier molecular flexibility index (Phi) is 3.72. The van der Waals surface area contributed by atoms with Crippen molar-refractivity contribution in [3.63, 3.8) is 0 Å². The molecule has 26 heavy (non-hydrogen) atoms. The van der Waals surface area contributed by atoms with E-state index in [1.165, 1.54) is 6.08 Å². The molecule has 0 saturated carbocycles. The second-order valence-electron chi connectivity index (χ2n) is 6.61. The van der Waals surface area contributed by atoms with Gasteiger partial charge in [0.1, 0.15) is 0 Å². The smallest absolute Gasteiger partial charge is 0.314 e. The lowest BCUT2D eigenvalue weighted by atomic mass is 10.0. The maximum Gasteiger partial charge on any atom is 0.314 e. The van der Waals surface area contributed by atoms with E-state index in [0.29, 0.717) is 30.9 Å². The number of nitrogens with zero attached hydrogens (tertiary/aromatic N) is 4. The largest absolute Gasteiger partial charge is 0.479 e. The third-order valence-corrected chi connectivity index (χ3v) is 4.96. The molecular formula is C19H18N4O3. The van der Waals surface area contributed by atoms with Gasteiger partial charge in [-0.25, -0.2) is 4.98 Å². The Morgan fingerprint density at radius 2 is 2.15 bits per heavy atom. The predicted molar refractivity (Wildman–Crippen MR) is 94.3 cm³/mol. The fraction of sp³-hybridized carbons (Fsp3) is 0.263. The minimum absolute atomic E-state index is 0.0338. The van der Waals surface area contributed by atoms with Crippen molar-refractivity contribution in [1.29, 1.82) is 0 Å². The summed E-state index contributed by atoms with van der Waals surface area (Å²) in [5.74, 6) is -0.139. The number of aryl methyl sites for hydroxylation is 1. The van der Waals surface area contributed by atoms with E-state index >= 15 is 0 Å². The van der Waals surface area contributed by atoms with Gasteiger partial charge in [0.15, 0.2) is 0 Å². The average molecular weight is 350 g/mol. The highest BCUT2D eigenvalue weighted by Crippen LogP contribution is 2.32. The molecular weight excluding hydrogens is 332 g/mol. The lowest BCUT2D eigenvalue weighted by molar-refractivity contribution is -0.132. The summed E-state index contributed by atoms with van der Waals surface area (Å²) in [6.07, 6.45) is 2.85. The summed E-state index contributed by atoms with van der Waals surface area (Å²) in [6.45, 7) is 6.96. The van der Waals surface area contributed by atoms with E-state index in [-0.39, 0.29) is 23.9 Å². The van der Waals surface area contributed by atoms with Gasteiger partial charge in [-0.3, -0.25) is 9.59 Å². The molecule has 0 spiro atoms.